The number of ether oxygens (including phenoxy) is 3. The molecule has 1 amide bonds. The second kappa shape index (κ2) is 14.4. The van der Waals surface area contributed by atoms with Crippen molar-refractivity contribution < 1.29 is 24.1 Å². The Morgan fingerprint density at radius 2 is 1.67 bits per heavy atom. The number of nitrogens with one attached hydrogen (secondary N) is 1. The van der Waals surface area contributed by atoms with Gasteiger partial charge < -0.3 is 24.6 Å². The predicted octanol–water partition coefficient (Wildman–Crippen LogP) is 2.56. The maximum Gasteiger partial charge on any atom is 0.407 e. The van der Waals surface area contributed by atoms with Crippen LogP contribution in [0.5, 0.6) is 0 Å². The highest BCUT2D eigenvalue weighted by Gasteiger charge is 2.49. The lowest BCUT2D eigenvalue weighted by Gasteiger charge is -2.08. The third-order valence-electron chi connectivity index (χ3n) is 4.70. The minimum atomic E-state index is -0.359. The molecule has 154 valence electrons. The Morgan fingerprint density at radius 3 is 2.37 bits per heavy atom. The number of carbonyl (C=O) groups excluding carboxylic acids is 1. The van der Waals surface area contributed by atoms with Crippen LogP contribution in [0.1, 0.15) is 25.7 Å². The van der Waals surface area contributed by atoms with Crippen molar-refractivity contribution in [3.8, 4) is 11.8 Å². The molecule has 0 heterocycles. The number of carbonyl (C=O) groups is 1. The summed E-state index contributed by atoms with van der Waals surface area (Å²) in [5.74, 6) is 9.94. The molecule has 0 aromatic rings. The summed E-state index contributed by atoms with van der Waals surface area (Å²) < 4.78 is 16.2. The van der Waals surface area contributed by atoms with Crippen molar-refractivity contribution in [2.75, 3.05) is 57.7 Å². The molecule has 0 aromatic heterocycles. The van der Waals surface area contributed by atoms with Crippen molar-refractivity contribution in [2.24, 2.45) is 17.8 Å². The van der Waals surface area contributed by atoms with Crippen LogP contribution >= 0.6 is 21.6 Å². The molecule has 0 aromatic carbocycles. The van der Waals surface area contributed by atoms with Gasteiger partial charge in [-0.15, -0.1) is 11.8 Å². The Balaban J connectivity index is 1.34. The summed E-state index contributed by atoms with van der Waals surface area (Å²) in [5.41, 5.74) is 0. The number of fused-ring (bicyclic) bond motifs is 1. The van der Waals surface area contributed by atoms with E-state index < -0.39 is 0 Å². The molecule has 0 bridgehead atoms. The van der Waals surface area contributed by atoms with E-state index >= 15 is 0 Å². The van der Waals surface area contributed by atoms with Crippen LogP contribution in [0, 0.1) is 29.6 Å². The van der Waals surface area contributed by atoms with Gasteiger partial charge in [0.05, 0.1) is 39.6 Å². The fourth-order valence-electron chi connectivity index (χ4n) is 3.30. The molecular weight excluding hydrogens is 386 g/mol. The van der Waals surface area contributed by atoms with Crippen molar-refractivity contribution in [1.29, 1.82) is 0 Å². The first kappa shape index (κ1) is 22.7. The van der Waals surface area contributed by atoms with Gasteiger partial charge in [0.25, 0.3) is 0 Å². The average Bonchev–Trinajstić information content (AvgIpc) is 3.30. The zero-order valence-electron chi connectivity index (χ0n) is 15.8. The van der Waals surface area contributed by atoms with E-state index in [1.165, 1.54) is 0 Å². The summed E-state index contributed by atoms with van der Waals surface area (Å²) in [6, 6.07) is 0. The zero-order chi connectivity index (χ0) is 19.2. The number of aliphatic hydroxyl groups is 1. The Morgan fingerprint density at radius 1 is 1.00 bits per heavy atom. The lowest BCUT2D eigenvalue weighted by molar-refractivity contribution is 0.0542. The standard InChI is InChI=1S/C19H31NO5S2/c21-8-13-26-27-14-12-24-11-10-23-9-7-20-19(22)25-15-18-16-5-3-1-2-4-6-17(16)18/h16-18,21H,3-15H2,(H,20,22). The summed E-state index contributed by atoms with van der Waals surface area (Å²) in [7, 11) is 3.34. The van der Waals surface area contributed by atoms with Crippen molar-refractivity contribution in [1.82, 2.24) is 5.32 Å². The van der Waals surface area contributed by atoms with Crippen LogP contribution in [-0.2, 0) is 14.2 Å². The van der Waals surface area contributed by atoms with Crippen LogP contribution < -0.4 is 5.32 Å². The SMILES string of the molecule is O=C(NCCOCCOCCSSCCO)OCC1C2CCC#CCCC21. The van der Waals surface area contributed by atoms with E-state index in [9.17, 15) is 4.79 Å². The van der Waals surface area contributed by atoms with Gasteiger partial charge in [0.15, 0.2) is 0 Å². The molecule has 2 aliphatic rings. The number of amides is 1. The van der Waals surface area contributed by atoms with Crippen LogP contribution in [0.4, 0.5) is 4.79 Å². The fraction of sp³-hybridized carbons (Fsp3) is 0.842. The van der Waals surface area contributed by atoms with E-state index in [4.69, 9.17) is 19.3 Å². The highest BCUT2D eigenvalue weighted by Crippen LogP contribution is 2.52. The molecule has 2 unspecified atom stereocenters. The Kier molecular flexibility index (Phi) is 12.1. The van der Waals surface area contributed by atoms with Gasteiger partial charge in [-0.05, 0) is 30.6 Å². The third kappa shape index (κ3) is 9.95. The first-order valence-electron chi connectivity index (χ1n) is 9.70. The largest absolute Gasteiger partial charge is 0.449 e. The van der Waals surface area contributed by atoms with Gasteiger partial charge in [0, 0.05) is 30.9 Å². The number of aliphatic hydroxyl groups excluding tert-OH is 1. The number of hydrogen-bond acceptors (Lipinski definition) is 7. The third-order valence-corrected chi connectivity index (χ3v) is 7.05. The van der Waals surface area contributed by atoms with Gasteiger partial charge in [-0.2, -0.15) is 0 Å². The van der Waals surface area contributed by atoms with E-state index in [1.807, 2.05) is 0 Å². The molecule has 1 saturated carbocycles. The second-order valence-electron chi connectivity index (χ2n) is 6.54. The van der Waals surface area contributed by atoms with Gasteiger partial charge in [-0.1, -0.05) is 21.6 Å². The average molecular weight is 418 g/mol. The highest BCUT2D eigenvalue weighted by atomic mass is 33.1. The normalized spacial score (nSPS) is 23.4. The van der Waals surface area contributed by atoms with Gasteiger partial charge in [0.2, 0.25) is 0 Å². The maximum atomic E-state index is 11.7. The van der Waals surface area contributed by atoms with Crippen LogP contribution in [0.25, 0.3) is 0 Å². The summed E-state index contributed by atoms with van der Waals surface area (Å²) in [4.78, 5) is 11.7. The number of rotatable bonds is 14. The van der Waals surface area contributed by atoms with Crippen molar-refractivity contribution in [3.63, 3.8) is 0 Å². The van der Waals surface area contributed by atoms with Crippen molar-refractivity contribution >= 4 is 27.7 Å². The molecule has 1 fully saturated rings. The molecule has 2 aliphatic carbocycles. The lowest BCUT2D eigenvalue weighted by Crippen LogP contribution is -2.29. The van der Waals surface area contributed by atoms with E-state index in [0.29, 0.717) is 57.3 Å². The molecule has 0 saturated heterocycles. The molecule has 2 atom stereocenters. The minimum absolute atomic E-state index is 0.213. The van der Waals surface area contributed by atoms with E-state index in [-0.39, 0.29) is 12.7 Å². The molecule has 6 nitrogen and oxygen atoms in total. The minimum Gasteiger partial charge on any atom is -0.449 e. The van der Waals surface area contributed by atoms with Crippen LogP contribution in [-0.4, -0.2) is 68.9 Å². The summed E-state index contributed by atoms with van der Waals surface area (Å²) in [6.07, 6.45) is 3.88. The van der Waals surface area contributed by atoms with E-state index in [0.717, 1.165) is 37.2 Å². The Hall–Kier alpha value is -0.590. The first-order chi connectivity index (χ1) is 13.3. The molecule has 27 heavy (non-hydrogen) atoms. The quantitative estimate of drug-likeness (QED) is 0.255. The van der Waals surface area contributed by atoms with Gasteiger partial charge >= 0.3 is 6.09 Å². The molecule has 2 N–H and O–H groups in total. The smallest absolute Gasteiger partial charge is 0.407 e. The van der Waals surface area contributed by atoms with Crippen molar-refractivity contribution in [3.05, 3.63) is 0 Å². The van der Waals surface area contributed by atoms with Crippen molar-refractivity contribution in [2.45, 2.75) is 25.7 Å². The van der Waals surface area contributed by atoms with E-state index in [2.05, 4.69) is 17.2 Å². The maximum absolute atomic E-state index is 11.7. The van der Waals surface area contributed by atoms with Gasteiger partial charge in [-0.3, -0.25) is 0 Å². The number of hydrogen-bond donors (Lipinski definition) is 2. The van der Waals surface area contributed by atoms with E-state index in [1.54, 1.807) is 21.6 Å². The first-order valence-corrected chi connectivity index (χ1v) is 12.2. The van der Waals surface area contributed by atoms with Crippen LogP contribution in [0.3, 0.4) is 0 Å². The van der Waals surface area contributed by atoms with Crippen LogP contribution in [0.2, 0.25) is 0 Å². The summed E-state index contributed by atoms with van der Waals surface area (Å²) in [5, 5.41) is 11.4. The summed E-state index contributed by atoms with van der Waals surface area (Å²) >= 11 is 0. The van der Waals surface area contributed by atoms with Crippen LogP contribution in [0.15, 0.2) is 0 Å². The molecule has 2 rings (SSSR count). The monoisotopic (exact) mass is 417 g/mol. The molecule has 0 radical (unpaired) electrons. The molecule has 0 spiro atoms. The topological polar surface area (TPSA) is 77.0 Å². The zero-order valence-corrected chi connectivity index (χ0v) is 17.5. The highest BCUT2D eigenvalue weighted by molar-refractivity contribution is 8.76. The lowest BCUT2D eigenvalue weighted by atomic mass is 10.1. The fourth-order valence-corrected chi connectivity index (χ4v) is 4.93. The molecular formula is C19H31NO5S2. The Bertz CT molecular complexity index is 464. The molecule has 0 aliphatic heterocycles. The summed E-state index contributed by atoms with van der Waals surface area (Å²) in [6.45, 7) is 3.35. The molecule has 8 heteroatoms. The van der Waals surface area contributed by atoms with Gasteiger partial charge in [0.1, 0.15) is 0 Å². The second-order valence-corrected chi connectivity index (χ2v) is 9.24. The number of alkyl carbamates (subject to hydrolysis) is 1. The predicted molar refractivity (Wildman–Crippen MR) is 110 cm³/mol. The Labute approximate surface area is 170 Å². The van der Waals surface area contributed by atoms with Gasteiger partial charge in [-0.25, -0.2) is 4.79 Å².